The average molecular weight is 1180 g/mol. The molecule has 2 fully saturated rings. The molecule has 0 spiro atoms. The van der Waals surface area contributed by atoms with Gasteiger partial charge in [0.2, 0.25) is 41.3 Å². The van der Waals surface area contributed by atoms with E-state index in [0.29, 0.717) is 34.6 Å². The maximum absolute atomic E-state index is 15.2. The Morgan fingerprint density at radius 3 is 2.01 bits per heavy atom. The van der Waals surface area contributed by atoms with Crippen LogP contribution in [0.15, 0.2) is 118 Å². The summed E-state index contributed by atoms with van der Waals surface area (Å²) < 4.78 is 17.9. The molecule has 29 nitrogen and oxygen atoms in total. The lowest BCUT2D eigenvalue weighted by Crippen LogP contribution is -2.70. The molecule has 1 aromatic heterocycles. The van der Waals surface area contributed by atoms with E-state index in [9.17, 15) is 54.9 Å². The van der Waals surface area contributed by atoms with Crippen molar-refractivity contribution in [1.82, 2.24) is 47.1 Å². The van der Waals surface area contributed by atoms with E-state index in [2.05, 4.69) is 52.2 Å². The fourth-order valence-electron chi connectivity index (χ4n) is 10.4. The van der Waals surface area contributed by atoms with Crippen LogP contribution in [0.2, 0.25) is 0 Å². The number of hydrogen-bond acceptors (Lipinski definition) is 23. The van der Waals surface area contributed by atoms with E-state index >= 15 is 9.59 Å². The molecule has 452 valence electrons. The number of nitrogens with one attached hydrogen (secondary N) is 7. The van der Waals surface area contributed by atoms with E-state index in [1.807, 2.05) is 30.3 Å². The maximum Gasteiger partial charge on any atom is 0.246 e. The van der Waals surface area contributed by atoms with Crippen LogP contribution in [0.25, 0.3) is 22.6 Å². The van der Waals surface area contributed by atoms with Crippen LogP contribution in [0.5, 0.6) is 5.75 Å². The molecule has 0 aliphatic carbocycles. The van der Waals surface area contributed by atoms with Gasteiger partial charge in [-0.05, 0) is 53.1 Å². The van der Waals surface area contributed by atoms with Crippen LogP contribution >= 0.6 is 0 Å². The standard InChI is InChI=1S/C56H67N13O16/c1-26(29-10-6-3-7-11-29)40-50(80)62-33(18-28-12-17-32-37(19-28)84-53(64-32)30-13-15-31(16-14-30)83-25-27-8-4-2-5-9-27)49(79)67-41(43(73)34-20-60-55(57)65-34)52(82)68-42(51(81)63-35(23-70)48(78)59-22-39(72)66-40)44(74)36-21-61-56(58)69(36)54-47(77)46(76)45(75)38(24-71)85-54/h2-17,19,26,33-36,38,40-47,54,70-71,73-77H,18,20-25H2,1H3,(H2,58,61)(H,59,78)(H,62,80)(H,63,81)(H,66,72)(H,67,79)(H,68,82)(H3,57,60,65)/t26-,33+,34-,35-,36-,38+,40-,41-,42+,43+,44-,45+,46-,47-,54-/m0/s1. The van der Waals surface area contributed by atoms with Gasteiger partial charge in [0.05, 0.1) is 44.9 Å². The average Bonchev–Trinajstić information content (AvgIpc) is 3.77. The van der Waals surface area contributed by atoms with Crippen molar-refractivity contribution >= 4 is 58.5 Å². The third-order valence-electron chi connectivity index (χ3n) is 15.2. The molecule has 85 heavy (non-hydrogen) atoms. The zero-order valence-electron chi connectivity index (χ0n) is 45.7. The van der Waals surface area contributed by atoms with Crippen LogP contribution in [0.3, 0.4) is 0 Å². The first-order chi connectivity index (χ1) is 40.8. The second-order valence-corrected chi connectivity index (χ2v) is 20.9. The Morgan fingerprint density at radius 2 is 1.33 bits per heavy atom. The summed E-state index contributed by atoms with van der Waals surface area (Å²) in [5.41, 5.74) is 15.4. The van der Waals surface area contributed by atoms with Gasteiger partial charge < -0.3 is 103 Å². The number of carbonyl (C=O) groups is 6. The van der Waals surface area contributed by atoms with Gasteiger partial charge >= 0.3 is 0 Å². The SMILES string of the molecule is C[C@@H](c1ccccc1)[C@@H]1NC(=O)CNC(=O)[C@H](CO)NC(=O)[C@@H]([C@@H](O)[C@@H]2CN=C(N)N2[C@H]2O[C@H](CO)[C@@H](O)[C@H](O)[C@@H]2O)NC(=O)[C@H]([C@H](O)[C@@H]2CN=C(N)N2)NC(=O)[C@@H](Cc2ccc3nc(-c4ccc(OCc5ccccc5)cc4)oc3c2)NC1=O. The molecule has 5 heterocycles. The van der Waals surface area contributed by atoms with Crippen molar-refractivity contribution < 1.29 is 78.4 Å². The molecule has 0 saturated carbocycles. The van der Waals surface area contributed by atoms with Gasteiger partial charge in [0.25, 0.3) is 0 Å². The number of benzene rings is 4. The maximum atomic E-state index is 15.2. The Morgan fingerprint density at radius 1 is 0.671 bits per heavy atom. The molecule has 0 bridgehead atoms. The second-order valence-electron chi connectivity index (χ2n) is 20.9. The molecule has 9 rings (SSSR count). The van der Waals surface area contributed by atoms with Gasteiger partial charge in [0, 0.05) is 17.9 Å². The Hall–Kier alpha value is -8.81. The van der Waals surface area contributed by atoms with Crippen LogP contribution in [0.4, 0.5) is 0 Å². The summed E-state index contributed by atoms with van der Waals surface area (Å²) in [7, 11) is 0. The van der Waals surface area contributed by atoms with E-state index in [4.69, 9.17) is 25.4 Å². The van der Waals surface area contributed by atoms with Crippen molar-refractivity contribution in [3.63, 3.8) is 0 Å². The fraction of sp³-hybridized carbons (Fsp3) is 0.411. The monoisotopic (exact) mass is 1180 g/mol. The van der Waals surface area contributed by atoms with E-state index in [0.717, 1.165) is 10.5 Å². The topological polar surface area (TPSA) is 453 Å². The van der Waals surface area contributed by atoms with Crippen LogP contribution in [0, 0.1) is 0 Å². The zero-order valence-corrected chi connectivity index (χ0v) is 45.7. The molecule has 2 saturated heterocycles. The Labute approximate surface area is 484 Å². The van der Waals surface area contributed by atoms with Crippen molar-refractivity contribution in [2.24, 2.45) is 21.5 Å². The highest BCUT2D eigenvalue weighted by atomic mass is 16.6. The summed E-state index contributed by atoms with van der Waals surface area (Å²) in [5, 5.41) is 94.7. The summed E-state index contributed by atoms with van der Waals surface area (Å²) in [4.78, 5) is 101. The lowest BCUT2D eigenvalue weighted by atomic mass is 9.92. The molecule has 29 heteroatoms. The number of aliphatic imine (C=N–C) groups is 2. The first-order valence-electron chi connectivity index (χ1n) is 27.2. The van der Waals surface area contributed by atoms with Gasteiger partial charge in [0.1, 0.15) is 84.7 Å². The highest BCUT2D eigenvalue weighted by Crippen LogP contribution is 2.30. The minimum atomic E-state index is -2.28. The summed E-state index contributed by atoms with van der Waals surface area (Å²) >= 11 is 0. The van der Waals surface area contributed by atoms with Crippen molar-refractivity contribution in [2.45, 2.75) is 111 Å². The number of aliphatic hydroxyl groups excluding tert-OH is 7. The molecular weight excluding hydrogens is 1110 g/mol. The summed E-state index contributed by atoms with van der Waals surface area (Å²) in [6, 6.07) is 17.9. The number of guanidine groups is 2. The normalized spacial score (nSPS) is 28.4. The molecule has 15 atom stereocenters. The number of rotatable bonds is 15. The smallest absolute Gasteiger partial charge is 0.246 e. The first-order valence-corrected chi connectivity index (χ1v) is 27.2. The second kappa shape index (κ2) is 26.8. The van der Waals surface area contributed by atoms with Crippen LogP contribution in [0.1, 0.15) is 29.5 Å². The number of aliphatic hydroxyl groups is 7. The number of nitrogens with zero attached hydrogens (tertiary/aromatic N) is 4. The number of carbonyl (C=O) groups excluding carboxylic acids is 6. The minimum absolute atomic E-state index is 0.148. The summed E-state index contributed by atoms with van der Waals surface area (Å²) in [6.45, 7) is -1.59. The number of hydrogen-bond donors (Lipinski definition) is 16. The number of nitrogens with two attached hydrogens (primary N) is 2. The predicted molar refractivity (Wildman–Crippen MR) is 300 cm³/mol. The predicted octanol–water partition coefficient (Wildman–Crippen LogP) is -5.23. The lowest BCUT2D eigenvalue weighted by Gasteiger charge is -2.46. The molecule has 4 aliphatic heterocycles. The minimum Gasteiger partial charge on any atom is -0.489 e. The number of fused-ring (bicyclic) bond motifs is 1. The van der Waals surface area contributed by atoms with E-state index in [-0.39, 0.29) is 30.4 Å². The molecule has 18 N–H and O–H groups in total. The molecule has 0 radical (unpaired) electrons. The van der Waals surface area contributed by atoms with Gasteiger partial charge in [-0.15, -0.1) is 0 Å². The lowest BCUT2D eigenvalue weighted by molar-refractivity contribution is -0.260. The third-order valence-corrected chi connectivity index (χ3v) is 15.2. The molecular formula is C56H67N13O16. The van der Waals surface area contributed by atoms with Crippen molar-refractivity contribution in [2.75, 3.05) is 32.8 Å². The Kier molecular flexibility index (Phi) is 19.2. The number of ether oxygens (including phenoxy) is 2. The first kappa shape index (κ1) is 60.8. The molecule has 4 aromatic carbocycles. The van der Waals surface area contributed by atoms with Gasteiger partial charge in [-0.3, -0.25) is 38.8 Å². The quantitative estimate of drug-likeness (QED) is 0.0466. The summed E-state index contributed by atoms with van der Waals surface area (Å²) in [6.07, 6.45) is -13.6. The number of amides is 6. The van der Waals surface area contributed by atoms with Crippen LogP contribution in [-0.2, 0) is 46.5 Å². The van der Waals surface area contributed by atoms with Gasteiger partial charge in [-0.25, -0.2) is 4.98 Å². The van der Waals surface area contributed by atoms with Crippen molar-refractivity contribution in [1.29, 1.82) is 0 Å². The van der Waals surface area contributed by atoms with Crippen LogP contribution < -0.4 is 53.4 Å². The highest BCUT2D eigenvalue weighted by Gasteiger charge is 2.52. The Balaban J connectivity index is 1.06. The number of oxazole rings is 1. The van der Waals surface area contributed by atoms with Crippen LogP contribution in [-0.4, -0.2) is 211 Å². The van der Waals surface area contributed by atoms with E-state index < -0.39 is 159 Å². The molecule has 6 amide bonds. The van der Waals surface area contributed by atoms with E-state index in [1.165, 1.54) is 0 Å². The Bertz CT molecular complexity index is 3260. The van der Waals surface area contributed by atoms with Crippen molar-refractivity contribution in [3.8, 4) is 17.2 Å². The number of aromatic nitrogens is 1. The third kappa shape index (κ3) is 13.9. The van der Waals surface area contributed by atoms with E-state index in [1.54, 1.807) is 79.7 Å². The van der Waals surface area contributed by atoms with Crippen molar-refractivity contribution in [3.05, 3.63) is 120 Å². The largest absolute Gasteiger partial charge is 0.489 e. The molecule has 0 unspecified atom stereocenters. The molecule has 4 aliphatic rings. The summed E-state index contributed by atoms with van der Waals surface area (Å²) in [5.74, 6) is -7.40. The van der Waals surface area contributed by atoms with Gasteiger partial charge in [-0.1, -0.05) is 73.7 Å². The molecule has 5 aromatic rings. The highest BCUT2D eigenvalue weighted by molar-refractivity contribution is 5.98. The zero-order chi connectivity index (χ0) is 60.6. The van der Waals surface area contributed by atoms with Gasteiger partial charge in [0.15, 0.2) is 23.7 Å². The fourth-order valence-corrected chi connectivity index (χ4v) is 10.4. The van der Waals surface area contributed by atoms with Gasteiger partial charge in [-0.2, -0.15) is 0 Å².